The van der Waals surface area contributed by atoms with Crippen LogP contribution in [-0.2, 0) is 0 Å². The average molecular weight is 229 g/mol. The first-order valence-electron chi connectivity index (χ1n) is 5.49. The molecule has 1 unspecified atom stereocenters. The van der Waals surface area contributed by atoms with Crippen LogP contribution in [0.2, 0.25) is 0 Å². The Labute approximate surface area is 94.3 Å². The summed E-state index contributed by atoms with van der Waals surface area (Å²) in [5.41, 5.74) is 0.0262. The maximum Gasteiger partial charge on any atom is 0.129 e. The molecule has 0 radical (unpaired) electrons. The molecular weight excluding hydrogens is 212 g/mol. The number of hydrogen-bond acceptors (Lipinski definition) is 2. The van der Waals surface area contributed by atoms with Crippen molar-refractivity contribution in [1.29, 1.82) is 0 Å². The van der Waals surface area contributed by atoms with Crippen molar-refractivity contribution in [2.45, 2.75) is 25.9 Å². The minimum absolute atomic E-state index is 0.0262. The van der Waals surface area contributed by atoms with Crippen LogP contribution in [0.25, 0.3) is 0 Å². The van der Waals surface area contributed by atoms with Crippen LogP contribution in [0, 0.1) is 11.6 Å². The van der Waals surface area contributed by atoms with E-state index in [1.165, 1.54) is 0 Å². The molecule has 16 heavy (non-hydrogen) atoms. The standard InChI is InChI=1S/C12H17F2NO/c1-2-6-15-7-5-12(16)10-8-9(13)3-4-11(10)14/h3-4,8,12,15-16H,2,5-7H2,1H3. The van der Waals surface area contributed by atoms with Gasteiger partial charge in [0.15, 0.2) is 0 Å². The summed E-state index contributed by atoms with van der Waals surface area (Å²) in [5, 5.41) is 12.8. The molecule has 0 aliphatic heterocycles. The van der Waals surface area contributed by atoms with E-state index in [1.54, 1.807) is 0 Å². The van der Waals surface area contributed by atoms with Crippen molar-refractivity contribution in [1.82, 2.24) is 5.32 Å². The third kappa shape index (κ3) is 3.87. The zero-order chi connectivity index (χ0) is 12.0. The molecule has 2 N–H and O–H groups in total. The van der Waals surface area contributed by atoms with Gasteiger partial charge >= 0.3 is 0 Å². The number of benzene rings is 1. The Morgan fingerprint density at radius 1 is 1.31 bits per heavy atom. The molecule has 0 aliphatic carbocycles. The van der Waals surface area contributed by atoms with E-state index in [1.807, 2.05) is 6.92 Å². The third-order valence-corrected chi connectivity index (χ3v) is 2.34. The number of aliphatic hydroxyl groups is 1. The molecule has 1 aromatic rings. The number of halogens is 2. The molecule has 0 aromatic heterocycles. The molecule has 0 amide bonds. The van der Waals surface area contributed by atoms with Gasteiger partial charge in [-0.1, -0.05) is 6.92 Å². The summed E-state index contributed by atoms with van der Waals surface area (Å²) in [6.07, 6.45) is 0.421. The van der Waals surface area contributed by atoms with Gasteiger partial charge in [0.2, 0.25) is 0 Å². The van der Waals surface area contributed by atoms with E-state index in [0.29, 0.717) is 13.0 Å². The monoisotopic (exact) mass is 229 g/mol. The van der Waals surface area contributed by atoms with Gasteiger partial charge in [-0.05, 0) is 44.1 Å². The van der Waals surface area contributed by atoms with E-state index in [4.69, 9.17) is 0 Å². The highest BCUT2D eigenvalue weighted by atomic mass is 19.1. The summed E-state index contributed by atoms with van der Waals surface area (Å²) in [6, 6.07) is 3.12. The Bertz CT molecular complexity index is 331. The zero-order valence-electron chi connectivity index (χ0n) is 9.34. The fourth-order valence-corrected chi connectivity index (χ4v) is 1.47. The number of rotatable bonds is 6. The van der Waals surface area contributed by atoms with Crippen LogP contribution in [0.15, 0.2) is 18.2 Å². The van der Waals surface area contributed by atoms with Crippen molar-refractivity contribution in [3.05, 3.63) is 35.4 Å². The highest BCUT2D eigenvalue weighted by molar-refractivity contribution is 5.20. The first-order valence-corrected chi connectivity index (χ1v) is 5.49. The summed E-state index contributed by atoms with van der Waals surface area (Å²) >= 11 is 0. The fraction of sp³-hybridized carbons (Fsp3) is 0.500. The van der Waals surface area contributed by atoms with Crippen molar-refractivity contribution in [2.75, 3.05) is 13.1 Å². The topological polar surface area (TPSA) is 32.3 Å². The normalized spacial score (nSPS) is 12.8. The minimum Gasteiger partial charge on any atom is -0.388 e. The van der Waals surface area contributed by atoms with Crippen molar-refractivity contribution >= 4 is 0 Å². The number of hydrogen-bond donors (Lipinski definition) is 2. The van der Waals surface area contributed by atoms with Gasteiger partial charge in [-0.25, -0.2) is 8.78 Å². The van der Waals surface area contributed by atoms with Crippen molar-refractivity contribution in [3.8, 4) is 0 Å². The van der Waals surface area contributed by atoms with Gasteiger partial charge in [0.05, 0.1) is 6.10 Å². The van der Waals surface area contributed by atoms with Gasteiger partial charge in [-0.15, -0.1) is 0 Å². The average Bonchev–Trinajstić information content (AvgIpc) is 2.27. The van der Waals surface area contributed by atoms with Gasteiger partial charge in [0.25, 0.3) is 0 Å². The summed E-state index contributed by atoms with van der Waals surface area (Å²) in [7, 11) is 0. The molecule has 0 saturated carbocycles. The molecule has 0 heterocycles. The van der Waals surface area contributed by atoms with Crippen molar-refractivity contribution in [2.24, 2.45) is 0 Å². The highest BCUT2D eigenvalue weighted by Crippen LogP contribution is 2.20. The maximum absolute atomic E-state index is 13.2. The Balaban J connectivity index is 2.51. The molecule has 0 fully saturated rings. The van der Waals surface area contributed by atoms with Crippen LogP contribution >= 0.6 is 0 Å². The lowest BCUT2D eigenvalue weighted by atomic mass is 10.1. The van der Waals surface area contributed by atoms with Gasteiger partial charge in [0, 0.05) is 5.56 Å². The summed E-state index contributed by atoms with van der Waals surface area (Å²) in [5.74, 6) is -1.10. The lowest BCUT2D eigenvalue weighted by Gasteiger charge is -2.12. The Kier molecular flexibility index (Phi) is 5.35. The molecular formula is C12H17F2NO. The van der Waals surface area contributed by atoms with E-state index in [9.17, 15) is 13.9 Å². The molecule has 2 nitrogen and oxygen atoms in total. The van der Waals surface area contributed by atoms with Gasteiger partial charge in [-0.2, -0.15) is 0 Å². The van der Waals surface area contributed by atoms with E-state index in [0.717, 1.165) is 31.2 Å². The zero-order valence-corrected chi connectivity index (χ0v) is 9.34. The minimum atomic E-state index is -0.958. The predicted molar refractivity (Wildman–Crippen MR) is 59.1 cm³/mol. The number of nitrogens with one attached hydrogen (secondary N) is 1. The quantitative estimate of drug-likeness (QED) is 0.734. The lowest BCUT2D eigenvalue weighted by molar-refractivity contribution is 0.162. The van der Waals surface area contributed by atoms with Gasteiger partial charge in [-0.3, -0.25) is 0 Å². The third-order valence-electron chi connectivity index (χ3n) is 2.34. The van der Waals surface area contributed by atoms with E-state index < -0.39 is 17.7 Å². The first-order chi connectivity index (χ1) is 7.65. The lowest BCUT2D eigenvalue weighted by Crippen LogP contribution is -2.18. The van der Waals surface area contributed by atoms with Gasteiger partial charge < -0.3 is 10.4 Å². The SMILES string of the molecule is CCCNCCC(O)c1cc(F)ccc1F. The summed E-state index contributed by atoms with van der Waals surface area (Å²) in [6.45, 7) is 3.49. The first kappa shape index (κ1) is 13.1. The van der Waals surface area contributed by atoms with Crippen LogP contribution < -0.4 is 5.32 Å². The molecule has 1 rings (SSSR count). The second kappa shape index (κ2) is 6.55. The number of aliphatic hydroxyl groups excluding tert-OH is 1. The molecule has 0 bridgehead atoms. The van der Waals surface area contributed by atoms with Crippen LogP contribution in [-0.4, -0.2) is 18.2 Å². The molecule has 0 saturated heterocycles. The molecule has 1 aromatic carbocycles. The van der Waals surface area contributed by atoms with Gasteiger partial charge in [0.1, 0.15) is 11.6 Å². The Morgan fingerprint density at radius 3 is 2.75 bits per heavy atom. The van der Waals surface area contributed by atoms with E-state index in [2.05, 4.69) is 5.32 Å². The largest absolute Gasteiger partial charge is 0.388 e. The molecule has 4 heteroatoms. The van der Waals surface area contributed by atoms with Crippen LogP contribution in [0.3, 0.4) is 0 Å². The molecule has 90 valence electrons. The Morgan fingerprint density at radius 2 is 2.06 bits per heavy atom. The van der Waals surface area contributed by atoms with Crippen LogP contribution in [0.1, 0.15) is 31.4 Å². The summed E-state index contributed by atoms with van der Waals surface area (Å²) < 4.78 is 26.1. The van der Waals surface area contributed by atoms with Crippen molar-refractivity contribution in [3.63, 3.8) is 0 Å². The van der Waals surface area contributed by atoms with Crippen molar-refractivity contribution < 1.29 is 13.9 Å². The molecule has 1 atom stereocenters. The second-order valence-corrected chi connectivity index (χ2v) is 3.72. The van der Waals surface area contributed by atoms with E-state index in [-0.39, 0.29) is 5.56 Å². The van der Waals surface area contributed by atoms with Crippen LogP contribution in [0.5, 0.6) is 0 Å². The van der Waals surface area contributed by atoms with E-state index >= 15 is 0 Å². The highest BCUT2D eigenvalue weighted by Gasteiger charge is 2.13. The summed E-state index contributed by atoms with van der Waals surface area (Å²) in [4.78, 5) is 0. The van der Waals surface area contributed by atoms with Crippen LogP contribution in [0.4, 0.5) is 8.78 Å². The maximum atomic E-state index is 13.2. The molecule has 0 aliphatic rings. The fourth-order valence-electron chi connectivity index (χ4n) is 1.47. The second-order valence-electron chi connectivity index (χ2n) is 3.72. The molecule has 0 spiro atoms. The Hall–Kier alpha value is -1.00. The predicted octanol–water partition coefficient (Wildman–Crippen LogP) is 2.39. The smallest absolute Gasteiger partial charge is 0.129 e.